The third-order valence-electron chi connectivity index (χ3n) is 7.22. The minimum atomic E-state index is -0.241. The number of imidazole rings is 1. The van der Waals surface area contributed by atoms with E-state index in [0.29, 0.717) is 22.2 Å². The fourth-order valence-corrected chi connectivity index (χ4v) is 5.28. The van der Waals surface area contributed by atoms with Crippen LogP contribution in [0, 0.1) is 24.2 Å². The Hall–Kier alpha value is -4.55. The number of hydrogen-bond donors (Lipinski definition) is 1. The molecule has 1 spiro atoms. The molecule has 1 aromatic carbocycles. The molecule has 2 aliphatic rings. The van der Waals surface area contributed by atoms with E-state index in [9.17, 15) is 9.59 Å². The Labute approximate surface area is 220 Å². The summed E-state index contributed by atoms with van der Waals surface area (Å²) in [6.45, 7) is 8.37. The van der Waals surface area contributed by atoms with Gasteiger partial charge in [-0.1, -0.05) is 12.0 Å². The van der Waals surface area contributed by atoms with Gasteiger partial charge in [0.05, 0.1) is 11.8 Å². The van der Waals surface area contributed by atoms with Crippen LogP contribution in [-0.2, 0) is 11.3 Å². The van der Waals surface area contributed by atoms with E-state index in [-0.39, 0.29) is 11.8 Å². The summed E-state index contributed by atoms with van der Waals surface area (Å²) in [4.78, 5) is 37.2. The van der Waals surface area contributed by atoms with Crippen LogP contribution in [0.1, 0.15) is 39.7 Å². The standard InChI is InChI=1S/C29H27N7O2/c1-20-10-25(7-6-23(20)15-34-16-29(17-34)18-35(19-29)21(2)37)33-28(38)24-11-22(12-30-13-24)5-8-26-14-31-27-4-3-9-32-36(26)27/h3-4,6-7,9-14H,15-19H2,1-2H3,(H,33,38). The summed E-state index contributed by atoms with van der Waals surface area (Å²) in [5.41, 5.74) is 5.83. The number of likely N-dealkylation sites (tertiary alicyclic amines) is 2. The molecule has 6 rings (SSSR count). The molecule has 0 unspecified atom stereocenters. The van der Waals surface area contributed by atoms with Crippen molar-refractivity contribution in [2.75, 3.05) is 31.5 Å². The lowest BCUT2D eigenvalue weighted by molar-refractivity contribution is -0.157. The maximum absolute atomic E-state index is 12.9. The largest absolute Gasteiger partial charge is 0.341 e. The molecule has 0 atom stereocenters. The first-order chi connectivity index (χ1) is 18.4. The lowest BCUT2D eigenvalue weighted by Gasteiger charge is -2.60. The van der Waals surface area contributed by atoms with Crippen molar-refractivity contribution < 1.29 is 9.59 Å². The van der Waals surface area contributed by atoms with E-state index in [4.69, 9.17) is 0 Å². The molecule has 9 nitrogen and oxygen atoms in total. The molecule has 0 radical (unpaired) electrons. The Kier molecular flexibility index (Phi) is 5.89. The van der Waals surface area contributed by atoms with Gasteiger partial charge in [0.25, 0.3) is 5.91 Å². The van der Waals surface area contributed by atoms with Crippen molar-refractivity contribution in [2.45, 2.75) is 20.4 Å². The number of carbonyl (C=O) groups is 2. The molecule has 2 aliphatic heterocycles. The van der Waals surface area contributed by atoms with Crippen molar-refractivity contribution >= 4 is 23.1 Å². The first-order valence-corrected chi connectivity index (χ1v) is 12.5. The first kappa shape index (κ1) is 23.8. The molecule has 5 heterocycles. The second-order valence-corrected chi connectivity index (χ2v) is 10.3. The highest BCUT2D eigenvalue weighted by atomic mass is 16.2. The molecule has 2 saturated heterocycles. The number of amides is 2. The van der Waals surface area contributed by atoms with Gasteiger partial charge in [-0.3, -0.25) is 19.5 Å². The van der Waals surface area contributed by atoms with E-state index in [2.05, 4.69) is 50.1 Å². The van der Waals surface area contributed by atoms with E-state index in [0.717, 1.165) is 49.6 Å². The van der Waals surface area contributed by atoms with Gasteiger partial charge in [-0.15, -0.1) is 0 Å². The van der Waals surface area contributed by atoms with Gasteiger partial charge in [-0.2, -0.15) is 5.10 Å². The molecule has 3 aromatic heterocycles. The quantitative estimate of drug-likeness (QED) is 0.429. The SMILES string of the molecule is CC(=O)N1CC2(CN(Cc3ccc(NC(=O)c4cncc(C#Cc5cnc6cccnn56)c4)cc3C)C2)C1. The lowest BCUT2D eigenvalue weighted by Crippen LogP contribution is -2.72. The molecule has 190 valence electrons. The van der Waals surface area contributed by atoms with Gasteiger partial charge in [-0.25, -0.2) is 9.50 Å². The summed E-state index contributed by atoms with van der Waals surface area (Å²) in [6, 6.07) is 11.4. The van der Waals surface area contributed by atoms with Gasteiger partial charge in [0.15, 0.2) is 5.65 Å². The van der Waals surface area contributed by atoms with Crippen LogP contribution in [-0.4, -0.2) is 67.4 Å². The Bertz CT molecular complexity index is 1620. The molecule has 9 heteroatoms. The molecule has 4 aromatic rings. The van der Waals surface area contributed by atoms with Crippen molar-refractivity contribution in [3.63, 3.8) is 0 Å². The molecule has 0 saturated carbocycles. The summed E-state index contributed by atoms with van der Waals surface area (Å²) in [7, 11) is 0. The average Bonchev–Trinajstić information content (AvgIpc) is 3.27. The number of benzene rings is 1. The Morgan fingerprint density at radius 3 is 2.68 bits per heavy atom. The van der Waals surface area contributed by atoms with E-state index in [1.54, 1.807) is 36.1 Å². The highest BCUT2D eigenvalue weighted by Crippen LogP contribution is 2.40. The molecule has 2 amide bonds. The molecule has 0 aliphatic carbocycles. The van der Waals surface area contributed by atoms with E-state index >= 15 is 0 Å². The molecule has 0 bridgehead atoms. The Morgan fingerprint density at radius 2 is 1.89 bits per heavy atom. The second-order valence-electron chi connectivity index (χ2n) is 10.3. The fourth-order valence-electron chi connectivity index (χ4n) is 5.28. The molecular formula is C29H27N7O2. The zero-order chi connectivity index (χ0) is 26.3. The number of rotatable bonds is 4. The van der Waals surface area contributed by atoms with E-state index in [1.165, 1.54) is 11.8 Å². The van der Waals surface area contributed by atoms with Crippen LogP contribution in [0.5, 0.6) is 0 Å². The fraction of sp³-hybridized carbons (Fsp3) is 0.276. The number of nitrogens with zero attached hydrogens (tertiary/aromatic N) is 6. The molecule has 2 fully saturated rings. The zero-order valence-corrected chi connectivity index (χ0v) is 21.3. The van der Waals surface area contributed by atoms with E-state index < -0.39 is 0 Å². The van der Waals surface area contributed by atoms with Crippen molar-refractivity contribution in [3.8, 4) is 11.8 Å². The van der Waals surface area contributed by atoms with Crippen LogP contribution in [0.15, 0.2) is 61.2 Å². The van der Waals surface area contributed by atoms with Crippen LogP contribution < -0.4 is 5.32 Å². The number of fused-ring (bicyclic) bond motifs is 1. The van der Waals surface area contributed by atoms with E-state index in [1.807, 2.05) is 29.2 Å². The van der Waals surface area contributed by atoms with Gasteiger partial charge < -0.3 is 10.2 Å². The summed E-state index contributed by atoms with van der Waals surface area (Å²) in [6.07, 6.45) is 6.51. The van der Waals surface area contributed by atoms with Crippen LogP contribution in [0.3, 0.4) is 0 Å². The van der Waals surface area contributed by atoms with Gasteiger partial charge in [0.1, 0.15) is 5.69 Å². The van der Waals surface area contributed by atoms with Crippen molar-refractivity contribution in [1.29, 1.82) is 0 Å². The maximum Gasteiger partial charge on any atom is 0.257 e. The number of hydrogen-bond acceptors (Lipinski definition) is 6. The number of carbonyl (C=O) groups excluding carboxylic acids is 2. The number of anilines is 1. The third-order valence-corrected chi connectivity index (χ3v) is 7.22. The molecule has 1 N–H and O–H groups in total. The highest BCUT2D eigenvalue weighted by Gasteiger charge is 2.52. The highest BCUT2D eigenvalue weighted by molar-refractivity contribution is 6.04. The summed E-state index contributed by atoms with van der Waals surface area (Å²) < 4.78 is 1.67. The lowest BCUT2D eigenvalue weighted by atomic mass is 9.72. The van der Waals surface area contributed by atoms with Crippen molar-refractivity contribution in [1.82, 2.24) is 29.4 Å². The van der Waals surface area contributed by atoms with Gasteiger partial charge in [0.2, 0.25) is 5.91 Å². The van der Waals surface area contributed by atoms with Crippen LogP contribution >= 0.6 is 0 Å². The number of nitrogens with one attached hydrogen (secondary N) is 1. The number of pyridine rings is 1. The first-order valence-electron chi connectivity index (χ1n) is 12.5. The average molecular weight is 506 g/mol. The maximum atomic E-state index is 12.9. The smallest absolute Gasteiger partial charge is 0.257 e. The van der Waals surface area contributed by atoms with Crippen molar-refractivity contribution in [3.05, 3.63) is 89.1 Å². The minimum absolute atomic E-state index is 0.166. The Balaban J connectivity index is 1.07. The number of aromatic nitrogens is 4. The predicted molar refractivity (Wildman–Crippen MR) is 142 cm³/mol. The molecular weight excluding hydrogens is 478 g/mol. The second kappa shape index (κ2) is 9.39. The summed E-state index contributed by atoms with van der Waals surface area (Å²) in [5.74, 6) is 6.03. The summed E-state index contributed by atoms with van der Waals surface area (Å²) >= 11 is 0. The van der Waals surface area contributed by atoms with Crippen LogP contribution in [0.4, 0.5) is 5.69 Å². The summed E-state index contributed by atoms with van der Waals surface area (Å²) in [5, 5.41) is 7.23. The number of aryl methyl sites for hydroxylation is 1. The topological polar surface area (TPSA) is 95.7 Å². The van der Waals surface area contributed by atoms with Crippen LogP contribution in [0.25, 0.3) is 5.65 Å². The van der Waals surface area contributed by atoms with Gasteiger partial charge in [0, 0.05) is 74.9 Å². The minimum Gasteiger partial charge on any atom is -0.341 e. The normalized spacial score (nSPS) is 15.9. The van der Waals surface area contributed by atoms with Gasteiger partial charge in [-0.05, 0) is 54.3 Å². The Morgan fingerprint density at radius 1 is 1.05 bits per heavy atom. The third kappa shape index (κ3) is 4.62. The molecule has 38 heavy (non-hydrogen) atoms. The predicted octanol–water partition coefficient (Wildman–Crippen LogP) is 2.75. The van der Waals surface area contributed by atoms with Crippen molar-refractivity contribution in [2.24, 2.45) is 5.41 Å². The van der Waals surface area contributed by atoms with Crippen LogP contribution in [0.2, 0.25) is 0 Å². The monoisotopic (exact) mass is 505 g/mol. The zero-order valence-electron chi connectivity index (χ0n) is 21.3. The van der Waals surface area contributed by atoms with Gasteiger partial charge >= 0.3 is 0 Å².